The van der Waals surface area contributed by atoms with E-state index in [4.69, 9.17) is 0 Å². The lowest BCUT2D eigenvalue weighted by atomic mass is 9.87. The Balaban J connectivity index is 0.000000182. The third-order valence-corrected chi connectivity index (χ3v) is 5.59. The molecule has 4 aromatic carbocycles. The summed E-state index contributed by atoms with van der Waals surface area (Å²) in [6.07, 6.45) is 3.79. The fourth-order valence-corrected chi connectivity index (χ4v) is 3.85. The SMILES string of the molecule is CCCCC(c1ccccc1)c1ccccc1.c1ccc(CNCc2ccccc2)cc1. The lowest BCUT2D eigenvalue weighted by Crippen LogP contribution is -2.12. The highest BCUT2D eigenvalue weighted by Crippen LogP contribution is 2.29. The lowest BCUT2D eigenvalue weighted by Gasteiger charge is -2.17. The molecule has 0 radical (unpaired) electrons. The van der Waals surface area contributed by atoms with Crippen LogP contribution in [-0.4, -0.2) is 0 Å². The van der Waals surface area contributed by atoms with Crippen LogP contribution in [0.2, 0.25) is 0 Å². The fourth-order valence-electron chi connectivity index (χ4n) is 3.85. The zero-order chi connectivity index (χ0) is 22.3. The second kappa shape index (κ2) is 14.0. The summed E-state index contributed by atoms with van der Waals surface area (Å²) in [5.74, 6) is 0.553. The second-order valence-corrected chi connectivity index (χ2v) is 8.09. The second-order valence-electron chi connectivity index (χ2n) is 8.09. The molecule has 0 aromatic heterocycles. The Kier molecular flexibility index (Phi) is 10.3. The Hall–Kier alpha value is -3.16. The van der Waals surface area contributed by atoms with Crippen molar-refractivity contribution < 1.29 is 0 Å². The van der Waals surface area contributed by atoms with Crippen molar-refractivity contribution in [3.8, 4) is 0 Å². The summed E-state index contributed by atoms with van der Waals surface area (Å²) in [5.41, 5.74) is 5.53. The van der Waals surface area contributed by atoms with Crippen molar-refractivity contribution in [3.63, 3.8) is 0 Å². The summed E-state index contributed by atoms with van der Waals surface area (Å²) < 4.78 is 0. The standard InChI is InChI=1S/C17H20.C14H15N/c1-2-3-14-17(15-10-6-4-7-11-15)16-12-8-5-9-13-16;1-3-7-13(8-4-1)11-15-12-14-9-5-2-6-10-14/h4-13,17H,2-3,14H2,1H3;1-10,15H,11-12H2. The minimum Gasteiger partial charge on any atom is -0.309 e. The molecule has 1 heteroatoms. The molecule has 0 bridgehead atoms. The van der Waals surface area contributed by atoms with E-state index in [1.165, 1.54) is 41.5 Å². The Bertz CT molecular complexity index is 887. The molecule has 1 nitrogen and oxygen atoms in total. The van der Waals surface area contributed by atoms with Crippen molar-refractivity contribution in [1.29, 1.82) is 0 Å². The van der Waals surface area contributed by atoms with E-state index in [0.717, 1.165) is 13.1 Å². The number of nitrogens with one attached hydrogen (secondary N) is 1. The minimum atomic E-state index is 0.553. The first-order valence-corrected chi connectivity index (χ1v) is 11.7. The topological polar surface area (TPSA) is 12.0 Å². The van der Waals surface area contributed by atoms with E-state index in [9.17, 15) is 0 Å². The molecule has 164 valence electrons. The largest absolute Gasteiger partial charge is 0.309 e. The highest BCUT2D eigenvalue weighted by molar-refractivity contribution is 5.32. The van der Waals surface area contributed by atoms with Gasteiger partial charge in [0, 0.05) is 19.0 Å². The number of rotatable bonds is 9. The molecule has 0 aliphatic rings. The molecule has 0 atom stereocenters. The quantitative estimate of drug-likeness (QED) is 0.289. The third-order valence-electron chi connectivity index (χ3n) is 5.59. The van der Waals surface area contributed by atoms with Gasteiger partial charge < -0.3 is 5.32 Å². The number of hydrogen-bond acceptors (Lipinski definition) is 1. The highest BCUT2D eigenvalue weighted by Gasteiger charge is 2.12. The van der Waals surface area contributed by atoms with Gasteiger partial charge in [0.2, 0.25) is 0 Å². The third kappa shape index (κ3) is 8.17. The molecule has 0 amide bonds. The van der Waals surface area contributed by atoms with Crippen molar-refractivity contribution in [2.24, 2.45) is 0 Å². The molecule has 0 unspecified atom stereocenters. The summed E-state index contributed by atoms with van der Waals surface area (Å²) in [7, 11) is 0. The van der Waals surface area contributed by atoms with Crippen LogP contribution < -0.4 is 5.32 Å². The zero-order valence-corrected chi connectivity index (χ0v) is 19.2. The van der Waals surface area contributed by atoms with Crippen molar-refractivity contribution in [1.82, 2.24) is 5.32 Å². The first kappa shape index (κ1) is 23.5. The molecule has 4 rings (SSSR count). The molecular formula is C31H35N. The normalized spacial score (nSPS) is 10.4. The van der Waals surface area contributed by atoms with Gasteiger partial charge in [-0.15, -0.1) is 0 Å². The maximum atomic E-state index is 3.42. The van der Waals surface area contributed by atoms with Crippen LogP contribution in [0.1, 0.15) is 54.4 Å². The molecule has 0 aliphatic carbocycles. The maximum absolute atomic E-state index is 3.42. The van der Waals surface area contributed by atoms with Crippen molar-refractivity contribution in [2.45, 2.75) is 45.2 Å². The van der Waals surface area contributed by atoms with Gasteiger partial charge in [-0.2, -0.15) is 0 Å². The van der Waals surface area contributed by atoms with Gasteiger partial charge >= 0.3 is 0 Å². The van der Waals surface area contributed by atoms with Crippen molar-refractivity contribution >= 4 is 0 Å². The van der Waals surface area contributed by atoms with E-state index in [1.54, 1.807) is 0 Å². The first-order valence-electron chi connectivity index (χ1n) is 11.7. The van der Waals surface area contributed by atoms with Crippen LogP contribution in [0.3, 0.4) is 0 Å². The molecule has 0 saturated carbocycles. The van der Waals surface area contributed by atoms with Crippen molar-refractivity contribution in [2.75, 3.05) is 0 Å². The summed E-state index contributed by atoms with van der Waals surface area (Å²) in [5, 5.41) is 3.42. The van der Waals surface area contributed by atoms with Crippen molar-refractivity contribution in [3.05, 3.63) is 144 Å². The van der Waals surface area contributed by atoms with E-state index in [2.05, 4.69) is 121 Å². The number of unbranched alkanes of at least 4 members (excludes halogenated alkanes) is 1. The smallest absolute Gasteiger partial charge is 0.0208 e. The molecule has 1 N–H and O–H groups in total. The average Bonchev–Trinajstić information content (AvgIpc) is 2.87. The fraction of sp³-hybridized carbons (Fsp3) is 0.226. The van der Waals surface area contributed by atoms with E-state index >= 15 is 0 Å². The molecule has 0 saturated heterocycles. The Morgan fingerprint density at radius 3 is 1.28 bits per heavy atom. The van der Waals surface area contributed by atoms with E-state index in [-0.39, 0.29) is 0 Å². The summed E-state index contributed by atoms with van der Waals surface area (Å²) in [4.78, 5) is 0. The van der Waals surface area contributed by atoms with Gasteiger partial charge in [-0.1, -0.05) is 141 Å². The summed E-state index contributed by atoms with van der Waals surface area (Å²) in [6, 6.07) is 42.6. The molecule has 0 fully saturated rings. The molecule has 4 aromatic rings. The van der Waals surface area contributed by atoms with Gasteiger partial charge in [0.15, 0.2) is 0 Å². The lowest BCUT2D eigenvalue weighted by molar-refractivity contribution is 0.650. The first-order chi connectivity index (χ1) is 15.9. The van der Waals surface area contributed by atoms with Gasteiger partial charge in [-0.3, -0.25) is 0 Å². The summed E-state index contributed by atoms with van der Waals surface area (Å²) in [6.45, 7) is 4.11. The van der Waals surface area contributed by atoms with Crippen LogP contribution >= 0.6 is 0 Å². The molecule has 0 aliphatic heterocycles. The average molecular weight is 422 g/mol. The molecule has 0 spiro atoms. The Morgan fingerprint density at radius 1 is 0.531 bits per heavy atom. The van der Waals surface area contributed by atoms with Crippen LogP contribution in [0, 0.1) is 0 Å². The number of benzene rings is 4. The van der Waals surface area contributed by atoms with Gasteiger partial charge in [0.25, 0.3) is 0 Å². The van der Waals surface area contributed by atoms with Crippen LogP contribution in [0.5, 0.6) is 0 Å². The summed E-state index contributed by atoms with van der Waals surface area (Å²) >= 11 is 0. The number of hydrogen-bond donors (Lipinski definition) is 1. The van der Waals surface area contributed by atoms with Gasteiger partial charge in [-0.25, -0.2) is 0 Å². The van der Waals surface area contributed by atoms with Gasteiger partial charge in [0.1, 0.15) is 0 Å². The van der Waals surface area contributed by atoms with Crippen LogP contribution in [0.4, 0.5) is 0 Å². The van der Waals surface area contributed by atoms with Gasteiger partial charge in [0.05, 0.1) is 0 Å². The van der Waals surface area contributed by atoms with Crippen LogP contribution in [0.25, 0.3) is 0 Å². The van der Waals surface area contributed by atoms with E-state index in [0.29, 0.717) is 5.92 Å². The van der Waals surface area contributed by atoms with Crippen LogP contribution in [0.15, 0.2) is 121 Å². The molecule has 32 heavy (non-hydrogen) atoms. The minimum absolute atomic E-state index is 0.553. The maximum Gasteiger partial charge on any atom is 0.0208 e. The van der Waals surface area contributed by atoms with E-state index in [1.807, 2.05) is 12.1 Å². The highest BCUT2D eigenvalue weighted by atomic mass is 14.8. The predicted molar refractivity (Wildman–Crippen MR) is 138 cm³/mol. The van der Waals surface area contributed by atoms with Gasteiger partial charge in [-0.05, 0) is 28.7 Å². The Labute approximate surface area is 194 Å². The van der Waals surface area contributed by atoms with Crippen LogP contribution in [-0.2, 0) is 13.1 Å². The zero-order valence-electron chi connectivity index (χ0n) is 19.2. The van der Waals surface area contributed by atoms with E-state index < -0.39 is 0 Å². The monoisotopic (exact) mass is 421 g/mol. The molecule has 0 heterocycles. The Morgan fingerprint density at radius 2 is 0.906 bits per heavy atom. The molecular weight excluding hydrogens is 386 g/mol. The predicted octanol–water partition coefficient (Wildman–Crippen LogP) is 7.99.